The second-order valence-electron chi connectivity index (χ2n) is 3.76. The fourth-order valence-corrected chi connectivity index (χ4v) is 1.78. The smallest absolute Gasteiger partial charge is 0.328 e. The molecule has 0 spiro atoms. The maximum absolute atomic E-state index is 12.9. The van der Waals surface area contributed by atoms with Crippen molar-refractivity contribution >= 4 is 33.8 Å². The molecule has 0 bridgehead atoms. The average Bonchev–Trinajstić information content (AvgIpc) is 2.34. The van der Waals surface area contributed by atoms with Crippen molar-refractivity contribution < 1.29 is 23.5 Å². The molecular weight excluding hydrogens is 322 g/mol. The van der Waals surface area contributed by atoms with Crippen molar-refractivity contribution in [3.05, 3.63) is 41.0 Å². The van der Waals surface area contributed by atoms with Gasteiger partial charge in [0.1, 0.15) is 0 Å². The second-order valence-corrected chi connectivity index (χ2v) is 5.14. The highest BCUT2D eigenvalue weighted by molar-refractivity contribution is 9.10. The van der Waals surface area contributed by atoms with E-state index in [1.807, 2.05) is 0 Å². The summed E-state index contributed by atoms with van der Waals surface area (Å²) >= 11 is 3.04. The van der Waals surface area contributed by atoms with Crippen LogP contribution < -0.4 is 0 Å². The topological polar surface area (TPSA) is 54.4 Å². The van der Waals surface area contributed by atoms with Gasteiger partial charge in [-0.25, -0.2) is 13.6 Å². The molecule has 0 fully saturated rings. The van der Waals surface area contributed by atoms with Crippen LogP contribution in [-0.4, -0.2) is 21.7 Å². The minimum Gasteiger partial charge on any atom is -0.478 e. The number of Topliss-reactive ketones (excluding diaryl/α,β-unsaturated/α-hetero) is 1. The number of ketones is 1. The van der Waals surface area contributed by atoms with Crippen LogP contribution in [-0.2, 0) is 4.79 Å². The molecule has 0 aliphatic carbocycles. The van der Waals surface area contributed by atoms with E-state index in [2.05, 4.69) is 15.9 Å². The third-order valence-corrected chi connectivity index (χ3v) is 2.79. The zero-order valence-corrected chi connectivity index (χ0v) is 11.5. The van der Waals surface area contributed by atoms with Crippen molar-refractivity contribution in [1.29, 1.82) is 0 Å². The highest BCUT2D eigenvalue weighted by Gasteiger charge is 2.23. The lowest BCUT2D eigenvalue weighted by molar-refractivity contribution is -0.131. The molecule has 19 heavy (non-hydrogen) atoms. The Balaban J connectivity index is 3.42. The van der Waals surface area contributed by atoms with Gasteiger partial charge in [-0.3, -0.25) is 4.79 Å². The quantitative estimate of drug-likeness (QED) is 0.508. The molecule has 1 aromatic rings. The molecule has 1 rings (SSSR count). The normalized spacial score (nSPS) is 12.9. The number of carbonyl (C=O) groups excluding carboxylic acids is 1. The molecule has 1 aromatic carbocycles. The van der Waals surface area contributed by atoms with E-state index in [0.717, 1.165) is 18.2 Å². The van der Waals surface area contributed by atoms with Crippen molar-refractivity contribution in [2.75, 3.05) is 0 Å². The zero-order chi connectivity index (χ0) is 14.6. The molecule has 1 N–H and O–H groups in total. The highest BCUT2D eigenvalue weighted by Crippen LogP contribution is 2.28. The van der Waals surface area contributed by atoms with Gasteiger partial charge in [0, 0.05) is 17.2 Å². The number of carbonyl (C=O) groups is 2. The number of alkyl halides is 3. The minimum atomic E-state index is -2.80. The molecular formula is C13H11BrF2O3. The van der Waals surface area contributed by atoms with Gasteiger partial charge in [0.05, 0.1) is 4.83 Å². The highest BCUT2D eigenvalue weighted by atomic mass is 79.9. The molecule has 0 aliphatic rings. The largest absolute Gasteiger partial charge is 0.478 e. The molecule has 102 valence electrons. The van der Waals surface area contributed by atoms with Crippen molar-refractivity contribution in [3.8, 4) is 0 Å². The number of hydrogen-bond acceptors (Lipinski definition) is 2. The van der Waals surface area contributed by atoms with Gasteiger partial charge >= 0.3 is 5.97 Å². The number of halogens is 3. The SMILES string of the molecule is CC(Br)C(=O)c1c(C=CC(=O)O)cccc1C(F)F. The summed E-state index contributed by atoms with van der Waals surface area (Å²) in [6.45, 7) is 1.52. The second kappa shape index (κ2) is 6.56. The molecule has 0 radical (unpaired) electrons. The van der Waals surface area contributed by atoms with E-state index in [0.29, 0.717) is 0 Å². The monoisotopic (exact) mass is 332 g/mol. The Morgan fingerprint density at radius 2 is 2.00 bits per heavy atom. The molecule has 1 unspecified atom stereocenters. The van der Waals surface area contributed by atoms with Crippen LogP contribution in [0.1, 0.15) is 34.8 Å². The zero-order valence-electron chi connectivity index (χ0n) is 9.94. The molecule has 0 heterocycles. The predicted octanol–water partition coefficient (Wildman–Crippen LogP) is 3.69. The molecule has 0 saturated carbocycles. The summed E-state index contributed by atoms with van der Waals surface area (Å²) in [7, 11) is 0. The van der Waals surface area contributed by atoms with Crippen LogP contribution in [0.4, 0.5) is 8.78 Å². The Morgan fingerprint density at radius 1 is 1.37 bits per heavy atom. The fraction of sp³-hybridized carbons (Fsp3) is 0.231. The molecule has 0 aliphatic heterocycles. The van der Waals surface area contributed by atoms with E-state index >= 15 is 0 Å². The summed E-state index contributed by atoms with van der Waals surface area (Å²) in [6, 6.07) is 3.94. The number of hydrogen-bond donors (Lipinski definition) is 1. The number of benzene rings is 1. The van der Waals surface area contributed by atoms with Crippen LogP contribution in [0.15, 0.2) is 24.3 Å². The Hall–Kier alpha value is -1.56. The van der Waals surface area contributed by atoms with Crippen LogP contribution in [0, 0.1) is 0 Å². The Labute approximate surface area is 117 Å². The number of carboxylic acid groups (broad SMARTS) is 1. The van der Waals surface area contributed by atoms with Gasteiger partial charge in [0.15, 0.2) is 5.78 Å². The third-order valence-electron chi connectivity index (χ3n) is 2.38. The molecule has 0 amide bonds. The van der Waals surface area contributed by atoms with Crippen molar-refractivity contribution in [1.82, 2.24) is 0 Å². The van der Waals surface area contributed by atoms with Gasteiger partial charge in [0.2, 0.25) is 0 Å². The van der Waals surface area contributed by atoms with Gasteiger partial charge in [-0.2, -0.15) is 0 Å². The summed E-state index contributed by atoms with van der Waals surface area (Å²) in [4.78, 5) is 21.8. The van der Waals surface area contributed by atoms with Crippen LogP contribution in [0.25, 0.3) is 6.08 Å². The lowest BCUT2D eigenvalue weighted by Crippen LogP contribution is -2.14. The van der Waals surface area contributed by atoms with E-state index in [1.165, 1.54) is 19.1 Å². The summed E-state index contributed by atoms with van der Waals surface area (Å²) in [5.41, 5.74) is -0.389. The van der Waals surface area contributed by atoms with Crippen molar-refractivity contribution in [2.24, 2.45) is 0 Å². The van der Waals surface area contributed by atoms with Crippen molar-refractivity contribution in [3.63, 3.8) is 0 Å². The van der Waals surface area contributed by atoms with Crippen molar-refractivity contribution in [2.45, 2.75) is 18.2 Å². The number of aliphatic carboxylic acids is 1. The van der Waals surface area contributed by atoms with Gasteiger partial charge < -0.3 is 5.11 Å². The first-order valence-corrected chi connectivity index (χ1v) is 6.26. The average molecular weight is 333 g/mol. The first-order valence-electron chi connectivity index (χ1n) is 5.35. The van der Waals surface area contributed by atoms with Crippen LogP contribution in [0.5, 0.6) is 0 Å². The van der Waals surface area contributed by atoms with Gasteiger partial charge in [-0.15, -0.1) is 0 Å². The van der Waals surface area contributed by atoms with Crippen LogP contribution in [0.2, 0.25) is 0 Å². The van der Waals surface area contributed by atoms with E-state index in [9.17, 15) is 18.4 Å². The maximum atomic E-state index is 12.9. The van der Waals surface area contributed by atoms with E-state index in [-0.39, 0.29) is 11.1 Å². The van der Waals surface area contributed by atoms with E-state index in [4.69, 9.17) is 5.11 Å². The summed E-state index contributed by atoms with van der Waals surface area (Å²) in [6.07, 6.45) is -0.861. The minimum absolute atomic E-state index is 0.153. The molecule has 6 heteroatoms. The lowest BCUT2D eigenvalue weighted by Gasteiger charge is -2.12. The Bertz CT molecular complexity index is 525. The third kappa shape index (κ3) is 3.96. The lowest BCUT2D eigenvalue weighted by atomic mass is 9.96. The summed E-state index contributed by atoms with van der Waals surface area (Å²) in [5.74, 6) is -1.73. The molecule has 1 atom stereocenters. The van der Waals surface area contributed by atoms with Gasteiger partial charge in [0.25, 0.3) is 6.43 Å². The van der Waals surface area contributed by atoms with Crippen LogP contribution in [0.3, 0.4) is 0 Å². The molecule has 0 aromatic heterocycles. The Morgan fingerprint density at radius 3 is 2.47 bits per heavy atom. The van der Waals surface area contributed by atoms with Crippen LogP contribution >= 0.6 is 15.9 Å². The number of carboxylic acids is 1. The first-order chi connectivity index (χ1) is 8.84. The molecule has 3 nitrogen and oxygen atoms in total. The first kappa shape index (κ1) is 15.5. The Kier molecular flexibility index (Phi) is 5.35. The fourth-order valence-electron chi connectivity index (χ4n) is 1.55. The van der Waals surface area contributed by atoms with Gasteiger partial charge in [-0.05, 0) is 18.6 Å². The summed E-state index contributed by atoms with van der Waals surface area (Å²) in [5, 5.41) is 8.56. The molecule has 0 saturated heterocycles. The van der Waals surface area contributed by atoms with E-state index in [1.54, 1.807) is 0 Å². The van der Waals surface area contributed by atoms with Gasteiger partial charge in [-0.1, -0.05) is 34.1 Å². The number of rotatable bonds is 5. The predicted molar refractivity (Wildman–Crippen MR) is 70.8 cm³/mol. The maximum Gasteiger partial charge on any atom is 0.328 e. The standard InChI is InChI=1S/C13H11BrF2O3/c1-7(14)12(19)11-8(5-6-10(17)18)3-2-4-9(11)13(15)16/h2-7,13H,1H3,(H,17,18). The summed E-state index contributed by atoms with van der Waals surface area (Å²) < 4.78 is 25.8. The van der Waals surface area contributed by atoms with E-state index < -0.39 is 28.6 Å².